The zero-order chi connectivity index (χ0) is 26.1. The maximum absolute atomic E-state index is 12.9. The molecule has 0 aromatic heterocycles. The van der Waals surface area contributed by atoms with Gasteiger partial charge in [-0.05, 0) is 72.6 Å². The molecule has 0 atom stereocenters. The maximum atomic E-state index is 12.9. The number of rotatable bonds is 8. The third kappa shape index (κ3) is 7.54. The van der Waals surface area contributed by atoms with Crippen LogP contribution in [0.15, 0.2) is 65.8 Å². The standard InChI is InChI=1S/C25H22ClFN4O5/c1-15-3-7-19(12-20(15)26)29-23(32)14-36-21-10-4-16(11-22(21)35-2)13-28-31-25(34)24(33)30-18-8-5-17(27)6-9-18/h3-13H,14H2,1-2H3,(H,29,32)(H,30,33)(H,31,34)/b28-13-. The number of nitrogens with one attached hydrogen (secondary N) is 3. The summed E-state index contributed by atoms with van der Waals surface area (Å²) in [5, 5.41) is 9.29. The van der Waals surface area contributed by atoms with Crippen molar-refractivity contribution in [2.45, 2.75) is 6.92 Å². The number of carbonyl (C=O) groups excluding carboxylic acids is 3. The molecule has 11 heteroatoms. The Bertz CT molecular complexity index is 1300. The van der Waals surface area contributed by atoms with E-state index in [1.54, 1.807) is 36.4 Å². The van der Waals surface area contributed by atoms with Crippen molar-refractivity contribution in [2.75, 3.05) is 24.4 Å². The molecule has 36 heavy (non-hydrogen) atoms. The summed E-state index contributed by atoms with van der Waals surface area (Å²) in [5.74, 6) is -2.19. The van der Waals surface area contributed by atoms with Crippen molar-refractivity contribution in [3.8, 4) is 11.5 Å². The first kappa shape index (κ1) is 26.2. The molecule has 0 aliphatic carbocycles. The zero-order valence-corrected chi connectivity index (χ0v) is 20.1. The van der Waals surface area contributed by atoms with Crippen LogP contribution in [0.1, 0.15) is 11.1 Å². The Hall–Kier alpha value is -4.44. The van der Waals surface area contributed by atoms with Crippen molar-refractivity contribution in [3.05, 3.63) is 82.6 Å². The Morgan fingerprint density at radius 2 is 1.67 bits per heavy atom. The number of aryl methyl sites for hydroxylation is 1. The second-order valence-electron chi connectivity index (χ2n) is 7.37. The highest BCUT2D eigenvalue weighted by atomic mass is 35.5. The number of amides is 3. The minimum atomic E-state index is -1.01. The molecule has 0 spiro atoms. The van der Waals surface area contributed by atoms with Gasteiger partial charge in [0.2, 0.25) is 0 Å². The molecule has 3 rings (SSSR count). The Kier molecular flexibility index (Phi) is 8.95. The van der Waals surface area contributed by atoms with Crippen LogP contribution in [0.5, 0.6) is 11.5 Å². The number of hydrazone groups is 1. The molecule has 3 N–H and O–H groups in total. The van der Waals surface area contributed by atoms with Gasteiger partial charge in [-0.1, -0.05) is 17.7 Å². The van der Waals surface area contributed by atoms with Gasteiger partial charge >= 0.3 is 11.8 Å². The average Bonchev–Trinajstić information content (AvgIpc) is 2.86. The van der Waals surface area contributed by atoms with Gasteiger partial charge in [-0.3, -0.25) is 14.4 Å². The number of methoxy groups -OCH3 is 1. The van der Waals surface area contributed by atoms with Crippen molar-refractivity contribution in [3.63, 3.8) is 0 Å². The first-order valence-electron chi connectivity index (χ1n) is 10.5. The highest BCUT2D eigenvalue weighted by molar-refractivity contribution is 6.39. The van der Waals surface area contributed by atoms with Crippen LogP contribution in [0.4, 0.5) is 15.8 Å². The van der Waals surface area contributed by atoms with Crippen LogP contribution in [0.3, 0.4) is 0 Å². The number of ether oxygens (including phenoxy) is 2. The summed E-state index contributed by atoms with van der Waals surface area (Å²) in [7, 11) is 1.43. The Labute approximate surface area is 211 Å². The molecular weight excluding hydrogens is 491 g/mol. The van der Waals surface area contributed by atoms with Crippen LogP contribution in [0.25, 0.3) is 0 Å². The normalized spacial score (nSPS) is 10.6. The number of anilines is 2. The molecule has 3 amide bonds. The molecule has 0 saturated carbocycles. The monoisotopic (exact) mass is 512 g/mol. The average molecular weight is 513 g/mol. The van der Waals surface area contributed by atoms with E-state index in [1.807, 2.05) is 6.92 Å². The highest BCUT2D eigenvalue weighted by Crippen LogP contribution is 2.27. The second kappa shape index (κ2) is 12.3. The topological polar surface area (TPSA) is 118 Å². The fraction of sp³-hybridized carbons (Fsp3) is 0.120. The van der Waals surface area contributed by atoms with Crippen LogP contribution >= 0.6 is 11.6 Å². The van der Waals surface area contributed by atoms with Crippen molar-refractivity contribution in [2.24, 2.45) is 5.10 Å². The molecule has 3 aromatic carbocycles. The van der Waals surface area contributed by atoms with Gasteiger partial charge < -0.3 is 20.1 Å². The third-order valence-electron chi connectivity index (χ3n) is 4.69. The van der Waals surface area contributed by atoms with Gasteiger partial charge in [0.1, 0.15) is 5.82 Å². The lowest BCUT2D eigenvalue weighted by molar-refractivity contribution is -0.136. The molecule has 0 radical (unpaired) electrons. The van der Waals surface area contributed by atoms with Gasteiger partial charge in [-0.2, -0.15) is 5.10 Å². The lowest BCUT2D eigenvalue weighted by Crippen LogP contribution is -2.32. The van der Waals surface area contributed by atoms with E-state index in [0.717, 1.165) is 17.7 Å². The lowest BCUT2D eigenvalue weighted by Gasteiger charge is -2.12. The fourth-order valence-electron chi connectivity index (χ4n) is 2.83. The van der Waals surface area contributed by atoms with Crippen LogP contribution in [0, 0.1) is 12.7 Å². The summed E-state index contributed by atoms with van der Waals surface area (Å²) < 4.78 is 23.8. The van der Waals surface area contributed by atoms with Crippen molar-refractivity contribution in [1.82, 2.24) is 5.43 Å². The van der Waals surface area contributed by atoms with E-state index in [-0.39, 0.29) is 18.2 Å². The van der Waals surface area contributed by atoms with E-state index in [9.17, 15) is 18.8 Å². The predicted octanol–water partition coefficient (Wildman–Crippen LogP) is 3.90. The quantitative estimate of drug-likeness (QED) is 0.240. The molecule has 0 heterocycles. The first-order valence-corrected chi connectivity index (χ1v) is 10.9. The van der Waals surface area contributed by atoms with Gasteiger partial charge in [0.05, 0.1) is 13.3 Å². The minimum absolute atomic E-state index is 0.261. The van der Waals surface area contributed by atoms with E-state index in [4.69, 9.17) is 21.1 Å². The fourth-order valence-corrected chi connectivity index (χ4v) is 3.01. The van der Waals surface area contributed by atoms with Gasteiger partial charge in [-0.15, -0.1) is 0 Å². The van der Waals surface area contributed by atoms with E-state index in [2.05, 4.69) is 21.2 Å². The first-order chi connectivity index (χ1) is 17.2. The second-order valence-corrected chi connectivity index (χ2v) is 7.78. The van der Waals surface area contributed by atoms with Crippen molar-refractivity contribution in [1.29, 1.82) is 0 Å². The maximum Gasteiger partial charge on any atom is 0.329 e. The van der Waals surface area contributed by atoms with Crippen molar-refractivity contribution >= 4 is 46.9 Å². The molecule has 186 valence electrons. The number of hydrogen-bond acceptors (Lipinski definition) is 6. The number of carbonyl (C=O) groups is 3. The van der Waals surface area contributed by atoms with E-state index < -0.39 is 17.6 Å². The Morgan fingerprint density at radius 3 is 2.36 bits per heavy atom. The summed E-state index contributed by atoms with van der Waals surface area (Å²) in [6.07, 6.45) is 1.29. The van der Waals surface area contributed by atoms with Crippen LogP contribution in [-0.4, -0.2) is 37.7 Å². The molecule has 3 aromatic rings. The highest BCUT2D eigenvalue weighted by Gasteiger charge is 2.13. The summed E-state index contributed by atoms with van der Waals surface area (Å²) in [5.41, 5.74) is 4.32. The Balaban J connectivity index is 1.52. The molecule has 9 nitrogen and oxygen atoms in total. The third-order valence-corrected chi connectivity index (χ3v) is 5.10. The number of halogens is 2. The molecule has 0 bridgehead atoms. The minimum Gasteiger partial charge on any atom is -0.493 e. The zero-order valence-electron chi connectivity index (χ0n) is 19.3. The van der Waals surface area contributed by atoms with E-state index in [1.165, 1.54) is 25.5 Å². The number of nitrogens with zero attached hydrogens (tertiary/aromatic N) is 1. The van der Waals surface area contributed by atoms with Gasteiger partial charge in [0.15, 0.2) is 18.1 Å². The molecule has 0 aliphatic heterocycles. The lowest BCUT2D eigenvalue weighted by atomic mass is 10.2. The SMILES string of the molecule is COc1cc(/C=N\NC(=O)C(=O)Nc2ccc(F)cc2)ccc1OCC(=O)Nc1ccc(C)c(Cl)c1. The van der Waals surface area contributed by atoms with Crippen molar-refractivity contribution < 1.29 is 28.2 Å². The van der Waals surface area contributed by atoms with Crippen LogP contribution < -0.4 is 25.5 Å². The van der Waals surface area contributed by atoms with Crippen LogP contribution in [-0.2, 0) is 14.4 Å². The summed E-state index contributed by atoms with van der Waals surface area (Å²) >= 11 is 6.07. The molecule has 0 saturated heterocycles. The molecular formula is C25H22ClFN4O5. The summed E-state index contributed by atoms with van der Waals surface area (Å²) in [6, 6.07) is 14.9. The smallest absolute Gasteiger partial charge is 0.329 e. The summed E-state index contributed by atoms with van der Waals surface area (Å²) in [4.78, 5) is 36.0. The number of benzene rings is 3. The van der Waals surface area contributed by atoms with Gasteiger partial charge in [0.25, 0.3) is 5.91 Å². The molecule has 0 aliphatic rings. The van der Waals surface area contributed by atoms with Crippen LogP contribution in [0.2, 0.25) is 5.02 Å². The van der Waals surface area contributed by atoms with E-state index >= 15 is 0 Å². The number of hydrogen-bond donors (Lipinski definition) is 3. The predicted molar refractivity (Wildman–Crippen MR) is 134 cm³/mol. The Morgan fingerprint density at radius 1 is 0.944 bits per heavy atom. The largest absolute Gasteiger partial charge is 0.493 e. The van der Waals surface area contributed by atoms with Gasteiger partial charge in [0, 0.05) is 16.4 Å². The summed E-state index contributed by atoms with van der Waals surface area (Å²) in [6.45, 7) is 1.59. The molecule has 0 unspecified atom stereocenters. The van der Waals surface area contributed by atoms with Gasteiger partial charge in [-0.25, -0.2) is 9.82 Å². The van der Waals surface area contributed by atoms with E-state index in [0.29, 0.717) is 27.8 Å². The molecule has 0 fully saturated rings.